The molecular weight excluding hydrogens is 336 g/mol. The van der Waals surface area contributed by atoms with E-state index in [9.17, 15) is 8.42 Å². The van der Waals surface area contributed by atoms with Gasteiger partial charge in [-0.15, -0.1) is 5.10 Å². The van der Waals surface area contributed by atoms with E-state index in [1.165, 1.54) is 11.8 Å². The molecule has 0 aliphatic heterocycles. The number of hydrogen-bond donors (Lipinski definition) is 0. The lowest BCUT2D eigenvalue weighted by molar-refractivity contribution is 0.462. The van der Waals surface area contributed by atoms with Crippen molar-refractivity contribution in [1.29, 1.82) is 0 Å². The van der Waals surface area contributed by atoms with Crippen LogP contribution in [0.2, 0.25) is 0 Å². The molecule has 3 aromatic rings. The van der Waals surface area contributed by atoms with Crippen LogP contribution in [-0.4, -0.2) is 40.1 Å². The topological polar surface area (TPSA) is 90.9 Å². The Hall–Kier alpha value is -2.13. The monoisotopic (exact) mass is 350 g/mol. The Balaban J connectivity index is 1.60. The lowest BCUT2D eigenvalue weighted by Gasteiger charge is -2.04. The van der Waals surface area contributed by atoms with Gasteiger partial charge < -0.3 is 4.42 Å². The van der Waals surface area contributed by atoms with Crippen LogP contribution in [-0.2, 0) is 16.4 Å². The van der Waals surface area contributed by atoms with E-state index in [-0.39, 0.29) is 5.75 Å². The first-order valence-electron chi connectivity index (χ1n) is 6.84. The van der Waals surface area contributed by atoms with Gasteiger partial charge in [-0.3, -0.25) is 0 Å². The molecule has 0 atom stereocenters. The minimum absolute atomic E-state index is 0.0231. The van der Waals surface area contributed by atoms with Gasteiger partial charge in [-0.25, -0.2) is 13.1 Å². The van der Waals surface area contributed by atoms with Crippen molar-refractivity contribution >= 4 is 21.6 Å². The lowest BCUT2D eigenvalue weighted by Crippen LogP contribution is -2.10. The van der Waals surface area contributed by atoms with Crippen LogP contribution in [0.1, 0.15) is 5.76 Å². The van der Waals surface area contributed by atoms with Gasteiger partial charge in [0.25, 0.3) is 0 Å². The Kier molecular flexibility index (Phi) is 4.77. The quantitative estimate of drug-likeness (QED) is 0.601. The molecule has 0 amide bonds. The summed E-state index contributed by atoms with van der Waals surface area (Å²) < 4.78 is 31.3. The fraction of sp³-hybridized carbons (Fsp3) is 0.214. The molecule has 0 saturated carbocycles. The van der Waals surface area contributed by atoms with Crippen LogP contribution in [0, 0.1) is 0 Å². The molecule has 120 valence electrons. The zero-order chi connectivity index (χ0) is 16.1. The van der Waals surface area contributed by atoms with Crippen molar-refractivity contribution in [1.82, 2.24) is 20.2 Å². The van der Waals surface area contributed by atoms with Crippen LogP contribution in [0.15, 0.2) is 63.2 Å². The first-order valence-corrected chi connectivity index (χ1v) is 9.48. The molecule has 0 aliphatic rings. The standard InChI is InChI=1S/C14H14N4O3S2/c19-23(20,13-6-2-1-3-7-13)10-9-22-14-15-16-17-18(14)11-12-5-4-8-21-12/h1-8H,9-11H2. The number of hydrogen-bond acceptors (Lipinski definition) is 7. The molecule has 0 aliphatic carbocycles. The Morgan fingerprint density at radius 2 is 1.96 bits per heavy atom. The maximum Gasteiger partial charge on any atom is 0.209 e. The zero-order valence-corrected chi connectivity index (χ0v) is 13.7. The van der Waals surface area contributed by atoms with Crippen molar-refractivity contribution < 1.29 is 12.8 Å². The molecule has 1 aromatic carbocycles. The highest BCUT2D eigenvalue weighted by Gasteiger charge is 2.15. The van der Waals surface area contributed by atoms with E-state index in [0.717, 1.165) is 5.76 Å². The van der Waals surface area contributed by atoms with Crippen LogP contribution in [0.4, 0.5) is 0 Å². The molecule has 3 rings (SSSR count). The van der Waals surface area contributed by atoms with E-state index >= 15 is 0 Å². The first kappa shape index (κ1) is 15.8. The van der Waals surface area contributed by atoms with E-state index in [1.54, 1.807) is 47.3 Å². The van der Waals surface area contributed by atoms with Crippen LogP contribution >= 0.6 is 11.8 Å². The van der Waals surface area contributed by atoms with Crippen LogP contribution in [0.3, 0.4) is 0 Å². The zero-order valence-electron chi connectivity index (χ0n) is 12.1. The van der Waals surface area contributed by atoms with Crippen LogP contribution < -0.4 is 0 Å². The first-order chi connectivity index (χ1) is 11.1. The summed E-state index contributed by atoms with van der Waals surface area (Å²) in [6, 6.07) is 12.0. The van der Waals surface area contributed by atoms with Gasteiger partial charge in [-0.1, -0.05) is 30.0 Å². The number of sulfone groups is 1. The normalized spacial score (nSPS) is 11.7. The Bertz CT molecular complexity index is 845. The van der Waals surface area contributed by atoms with Crippen molar-refractivity contribution in [2.24, 2.45) is 0 Å². The molecule has 0 N–H and O–H groups in total. The second kappa shape index (κ2) is 6.97. The highest BCUT2D eigenvalue weighted by molar-refractivity contribution is 8.00. The van der Waals surface area contributed by atoms with E-state index in [2.05, 4.69) is 15.5 Å². The van der Waals surface area contributed by atoms with Gasteiger partial charge in [0.05, 0.1) is 16.9 Å². The Morgan fingerprint density at radius 1 is 1.13 bits per heavy atom. The van der Waals surface area contributed by atoms with Gasteiger partial charge >= 0.3 is 0 Å². The summed E-state index contributed by atoms with van der Waals surface area (Å²) in [6.45, 7) is 0.410. The van der Waals surface area contributed by atoms with Crippen molar-refractivity contribution in [2.45, 2.75) is 16.6 Å². The number of rotatable bonds is 7. The maximum absolute atomic E-state index is 12.2. The molecule has 0 saturated heterocycles. The van der Waals surface area contributed by atoms with Gasteiger partial charge in [-0.05, 0) is 34.7 Å². The number of benzene rings is 1. The lowest BCUT2D eigenvalue weighted by atomic mass is 10.4. The SMILES string of the molecule is O=S(=O)(CCSc1nnnn1Cc1ccco1)c1ccccc1. The molecule has 0 radical (unpaired) electrons. The van der Waals surface area contributed by atoms with E-state index in [1.807, 2.05) is 6.07 Å². The smallest absolute Gasteiger partial charge is 0.209 e. The molecule has 23 heavy (non-hydrogen) atoms. The average Bonchev–Trinajstić information content (AvgIpc) is 3.21. The van der Waals surface area contributed by atoms with Crippen molar-refractivity contribution in [3.8, 4) is 0 Å². The summed E-state index contributed by atoms with van der Waals surface area (Å²) >= 11 is 1.30. The van der Waals surface area contributed by atoms with E-state index in [0.29, 0.717) is 22.3 Å². The number of tetrazole rings is 1. The molecule has 7 nitrogen and oxygen atoms in total. The molecule has 2 heterocycles. The predicted molar refractivity (Wildman–Crippen MR) is 84.8 cm³/mol. The third-order valence-electron chi connectivity index (χ3n) is 3.07. The Labute approximate surface area is 137 Å². The number of thioether (sulfide) groups is 1. The van der Waals surface area contributed by atoms with Crippen molar-refractivity contribution in [2.75, 3.05) is 11.5 Å². The third kappa shape index (κ3) is 3.99. The molecular formula is C14H14N4O3S2. The van der Waals surface area contributed by atoms with Crippen molar-refractivity contribution in [3.05, 3.63) is 54.5 Å². The molecule has 9 heteroatoms. The highest BCUT2D eigenvalue weighted by atomic mass is 32.2. The minimum atomic E-state index is -3.29. The predicted octanol–water partition coefficient (Wildman–Crippen LogP) is 1.88. The van der Waals surface area contributed by atoms with Gasteiger partial charge in [0.2, 0.25) is 5.16 Å². The minimum Gasteiger partial charge on any atom is -0.467 e. The number of furan rings is 1. The molecule has 0 fully saturated rings. The summed E-state index contributed by atoms with van der Waals surface area (Å²) in [7, 11) is -3.29. The second-order valence-corrected chi connectivity index (χ2v) is 7.85. The van der Waals surface area contributed by atoms with Gasteiger partial charge in [0.1, 0.15) is 12.3 Å². The van der Waals surface area contributed by atoms with Gasteiger partial charge in [0.15, 0.2) is 9.84 Å². The summed E-state index contributed by atoms with van der Waals surface area (Å²) in [5.41, 5.74) is 0. The fourth-order valence-electron chi connectivity index (χ4n) is 1.94. The number of aromatic nitrogens is 4. The molecule has 0 spiro atoms. The summed E-state index contributed by atoms with van der Waals surface area (Å²) in [4.78, 5) is 0.329. The van der Waals surface area contributed by atoms with Gasteiger partial charge in [-0.2, -0.15) is 0 Å². The van der Waals surface area contributed by atoms with Crippen LogP contribution in [0.25, 0.3) is 0 Å². The van der Waals surface area contributed by atoms with E-state index in [4.69, 9.17) is 4.42 Å². The summed E-state index contributed by atoms with van der Waals surface area (Å²) in [5.74, 6) is 1.13. The fourth-order valence-corrected chi connectivity index (χ4v) is 4.48. The third-order valence-corrected chi connectivity index (χ3v) is 6.02. The van der Waals surface area contributed by atoms with E-state index < -0.39 is 9.84 Å². The largest absolute Gasteiger partial charge is 0.467 e. The van der Waals surface area contributed by atoms with Crippen molar-refractivity contribution in [3.63, 3.8) is 0 Å². The Morgan fingerprint density at radius 3 is 2.70 bits per heavy atom. The molecule has 0 bridgehead atoms. The van der Waals surface area contributed by atoms with Crippen LogP contribution in [0.5, 0.6) is 0 Å². The second-order valence-electron chi connectivity index (χ2n) is 4.68. The average molecular weight is 350 g/mol. The maximum atomic E-state index is 12.2. The number of nitrogens with zero attached hydrogens (tertiary/aromatic N) is 4. The summed E-state index contributed by atoms with van der Waals surface area (Å²) in [5, 5.41) is 12.0. The summed E-state index contributed by atoms with van der Waals surface area (Å²) in [6.07, 6.45) is 1.58. The highest BCUT2D eigenvalue weighted by Crippen LogP contribution is 2.18. The van der Waals surface area contributed by atoms with Gasteiger partial charge in [0, 0.05) is 5.75 Å². The molecule has 2 aromatic heterocycles. The molecule has 0 unspecified atom stereocenters.